The highest BCUT2D eigenvalue weighted by atomic mass is 32.1. The molecule has 88 valence electrons. The second-order valence-electron chi connectivity index (χ2n) is 5.04. The van der Waals surface area contributed by atoms with Crippen molar-refractivity contribution in [2.45, 2.75) is 31.8 Å². The van der Waals surface area contributed by atoms with Gasteiger partial charge < -0.3 is 9.84 Å². The zero-order valence-electron chi connectivity index (χ0n) is 9.26. The molecule has 1 aromatic heterocycles. The Bertz CT molecular complexity index is 350. The van der Waals surface area contributed by atoms with Gasteiger partial charge in [0.05, 0.1) is 18.2 Å². The lowest BCUT2D eigenvalue weighted by Gasteiger charge is -2.31. The number of aliphatic hydroxyl groups excluding tert-OH is 1. The smallest absolute Gasteiger partial charge is 0.0794 e. The van der Waals surface area contributed by atoms with E-state index in [1.807, 2.05) is 11.7 Å². The first kappa shape index (κ1) is 10.7. The molecule has 2 fully saturated rings. The van der Waals surface area contributed by atoms with E-state index >= 15 is 0 Å². The zero-order valence-corrected chi connectivity index (χ0v) is 10.1. The summed E-state index contributed by atoms with van der Waals surface area (Å²) in [5, 5.41) is 9.77. The fraction of sp³-hybridized carbons (Fsp3) is 0.750. The van der Waals surface area contributed by atoms with E-state index in [1.165, 1.54) is 17.7 Å². The summed E-state index contributed by atoms with van der Waals surface area (Å²) in [6.07, 6.45) is 6.66. The Kier molecular flexibility index (Phi) is 2.73. The Morgan fingerprint density at radius 1 is 1.56 bits per heavy atom. The quantitative estimate of drug-likeness (QED) is 0.872. The predicted octanol–water partition coefficient (Wildman–Crippen LogP) is 1.86. The third-order valence-corrected chi connectivity index (χ3v) is 4.66. The van der Waals surface area contributed by atoms with Crippen molar-refractivity contribution in [1.82, 2.24) is 4.98 Å². The molecular formula is C12H17NO2S. The lowest BCUT2D eigenvalue weighted by Crippen LogP contribution is -2.38. The minimum absolute atomic E-state index is 0.0340. The molecule has 3 nitrogen and oxygen atoms in total. The van der Waals surface area contributed by atoms with Crippen LogP contribution in [0.25, 0.3) is 0 Å². The van der Waals surface area contributed by atoms with E-state index in [4.69, 9.17) is 4.74 Å². The number of thiazole rings is 1. The predicted molar refractivity (Wildman–Crippen MR) is 62.4 cm³/mol. The Balaban J connectivity index is 1.80. The van der Waals surface area contributed by atoms with Gasteiger partial charge in [-0.2, -0.15) is 0 Å². The van der Waals surface area contributed by atoms with Crippen LogP contribution in [-0.4, -0.2) is 29.4 Å². The number of hydrogen-bond acceptors (Lipinski definition) is 4. The molecule has 1 N–H and O–H groups in total. The number of ether oxygens (including phenoxy) is 1. The summed E-state index contributed by atoms with van der Waals surface area (Å²) in [5.41, 5.74) is 1.83. The average Bonchev–Trinajstić information content (AvgIpc) is 2.86. The molecule has 0 spiro atoms. The standard InChI is InChI=1S/C12H17NO2S/c14-7-12(5-10-6-13-8-16-10)3-4-15-11(12)9-1-2-9/h6,8-9,11,14H,1-5,7H2. The van der Waals surface area contributed by atoms with Gasteiger partial charge in [0.25, 0.3) is 0 Å². The van der Waals surface area contributed by atoms with Gasteiger partial charge in [0, 0.05) is 23.1 Å². The lowest BCUT2D eigenvalue weighted by atomic mass is 9.76. The minimum atomic E-state index is -0.0340. The summed E-state index contributed by atoms with van der Waals surface area (Å²) >= 11 is 1.68. The van der Waals surface area contributed by atoms with Crippen molar-refractivity contribution in [1.29, 1.82) is 0 Å². The fourth-order valence-electron chi connectivity index (χ4n) is 2.83. The van der Waals surface area contributed by atoms with Crippen LogP contribution in [0.2, 0.25) is 0 Å². The van der Waals surface area contributed by atoms with E-state index < -0.39 is 0 Å². The molecule has 2 heterocycles. The Hall–Kier alpha value is -0.450. The van der Waals surface area contributed by atoms with Crippen LogP contribution in [-0.2, 0) is 11.2 Å². The van der Waals surface area contributed by atoms with Crippen LogP contribution < -0.4 is 0 Å². The number of rotatable bonds is 4. The molecule has 0 aromatic carbocycles. The topological polar surface area (TPSA) is 42.4 Å². The molecule has 1 aliphatic carbocycles. The van der Waals surface area contributed by atoms with Crippen LogP contribution in [0, 0.1) is 11.3 Å². The third kappa shape index (κ3) is 1.79. The first-order valence-electron chi connectivity index (χ1n) is 5.94. The van der Waals surface area contributed by atoms with Crippen molar-refractivity contribution in [2.75, 3.05) is 13.2 Å². The molecule has 0 bridgehead atoms. The zero-order chi connectivity index (χ0) is 11.0. The average molecular weight is 239 g/mol. The number of aliphatic hydroxyl groups is 1. The van der Waals surface area contributed by atoms with Gasteiger partial charge in [0.15, 0.2) is 0 Å². The lowest BCUT2D eigenvalue weighted by molar-refractivity contribution is 0.000974. The van der Waals surface area contributed by atoms with Crippen LogP contribution in [0.4, 0.5) is 0 Å². The highest BCUT2D eigenvalue weighted by Gasteiger charge is 2.50. The first-order chi connectivity index (χ1) is 7.84. The third-order valence-electron chi connectivity index (χ3n) is 3.88. The summed E-state index contributed by atoms with van der Waals surface area (Å²) in [6.45, 7) is 1.05. The molecule has 1 aliphatic heterocycles. The molecule has 1 aromatic rings. The maximum absolute atomic E-state index is 9.77. The Labute approximate surface area is 99.5 Å². The van der Waals surface area contributed by atoms with E-state index in [-0.39, 0.29) is 18.1 Å². The molecule has 2 unspecified atom stereocenters. The molecule has 1 saturated heterocycles. The van der Waals surface area contributed by atoms with Crippen LogP contribution in [0.15, 0.2) is 11.7 Å². The first-order valence-corrected chi connectivity index (χ1v) is 6.82. The summed E-state index contributed by atoms with van der Waals surface area (Å²) in [4.78, 5) is 5.38. The van der Waals surface area contributed by atoms with Gasteiger partial charge in [0.1, 0.15) is 0 Å². The number of hydrogen-bond donors (Lipinski definition) is 1. The van der Waals surface area contributed by atoms with Gasteiger partial charge in [0.2, 0.25) is 0 Å². The van der Waals surface area contributed by atoms with E-state index in [0.29, 0.717) is 5.92 Å². The van der Waals surface area contributed by atoms with Crippen LogP contribution in [0.3, 0.4) is 0 Å². The molecule has 2 aliphatic rings. The van der Waals surface area contributed by atoms with E-state index in [0.717, 1.165) is 19.4 Å². The Morgan fingerprint density at radius 2 is 2.44 bits per heavy atom. The second kappa shape index (κ2) is 4.09. The molecular weight excluding hydrogens is 222 g/mol. The molecule has 0 amide bonds. The van der Waals surface area contributed by atoms with Gasteiger partial charge in [-0.3, -0.25) is 4.98 Å². The van der Waals surface area contributed by atoms with Crippen molar-refractivity contribution in [3.8, 4) is 0 Å². The van der Waals surface area contributed by atoms with Gasteiger partial charge >= 0.3 is 0 Å². The van der Waals surface area contributed by atoms with Gasteiger partial charge in [-0.25, -0.2) is 0 Å². The fourth-order valence-corrected chi connectivity index (χ4v) is 3.58. The van der Waals surface area contributed by atoms with Crippen molar-refractivity contribution in [3.05, 3.63) is 16.6 Å². The van der Waals surface area contributed by atoms with Crippen molar-refractivity contribution in [2.24, 2.45) is 11.3 Å². The minimum Gasteiger partial charge on any atom is -0.396 e. The largest absolute Gasteiger partial charge is 0.396 e. The molecule has 0 radical (unpaired) electrons. The SMILES string of the molecule is OCC1(Cc2cncs2)CCOC1C1CC1. The normalized spacial score (nSPS) is 34.4. The van der Waals surface area contributed by atoms with Crippen molar-refractivity contribution in [3.63, 3.8) is 0 Å². The maximum Gasteiger partial charge on any atom is 0.0794 e. The van der Waals surface area contributed by atoms with Crippen LogP contribution in [0.5, 0.6) is 0 Å². The number of aromatic nitrogens is 1. The monoisotopic (exact) mass is 239 g/mol. The summed E-state index contributed by atoms with van der Waals surface area (Å²) in [6, 6.07) is 0. The van der Waals surface area contributed by atoms with E-state index in [9.17, 15) is 5.11 Å². The summed E-state index contributed by atoms with van der Waals surface area (Å²) in [5.74, 6) is 0.697. The van der Waals surface area contributed by atoms with Gasteiger partial charge in [-0.1, -0.05) is 0 Å². The molecule has 16 heavy (non-hydrogen) atoms. The molecule has 4 heteroatoms. The van der Waals surface area contributed by atoms with E-state index in [2.05, 4.69) is 4.98 Å². The Morgan fingerprint density at radius 3 is 3.06 bits per heavy atom. The molecule has 3 rings (SSSR count). The molecule has 2 atom stereocenters. The summed E-state index contributed by atoms with van der Waals surface area (Å²) < 4.78 is 5.86. The second-order valence-corrected chi connectivity index (χ2v) is 6.01. The van der Waals surface area contributed by atoms with Crippen molar-refractivity contribution < 1.29 is 9.84 Å². The molecule has 1 saturated carbocycles. The van der Waals surface area contributed by atoms with Crippen molar-refractivity contribution >= 4 is 11.3 Å². The maximum atomic E-state index is 9.77. The van der Waals surface area contributed by atoms with E-state index in [1.54, 1.807) is 11.3 Å². The van der Waals surface area contributed by atoms with Gasteiger partial charge in [-0.15, -0.1) is 11.3 Å². The van der Waals surface area contributed by atoms with Gasteiger partial charge in [-0.05, 0) is 31.6 Å². The van der Waals surface area contributed by atoms with Crippen LogP contribution >= 0.6 is 11.3 Å². The van der Waals surface area contributed by atoms with Crippen LogP contribution in [0.1, 0.15) is 24.1 Å². The summed E-state index contributed by atoms with van der Waals surface area (Å²) in [7, 11) is 0. The highest BCUT2D eigenvalue weighted by Crippen LogP contribution is 2.49. The number of nitrogens with zero attached hydrogens (tertiary/aromatic N) is 1. The highest BCUT2D eigenvalue weighted by molar-refractivity contribution is 7.09.